The third-order valence-corrected chi connectivity index (χ3v) is 5.46. The summed E-state index contributed by atoms with van der Waals surface area (Å²) in [5.74, 6) is -0.187. The van der Waals surface area contributed by atoms with Crippen molar-refractivity contribution in [3.8, 4) is 0 Å². The lowest BCUT2D eigenvalue weighted by Crippen LogP contribution is -2.26. The molecule has 0 fully saturated rings. The van der Waals surface area contributed by atoms with Crippen molar-refractivity contribution >= 4 is 33.2 Å². The second-order valence-electron chi connectivity index (χ2n) is 5.81. The number of hydrogen-bond donors (Lipinski definition) is 2. The van der Waals surface area contributed by atoms with Gasteiger partial charge in [0.15, 0.2) is 0 Å². The second kappa shape index (κ2) is 8.47. The molecule has 0 aliphatic carbocycles. The van der Waals surface area contributed by atoms with Crippen molar-refractivity contribution in [2.75, 3.05) is 11.9 Å². The molecule has 5 nitrogen and oxygen atoms in total. The van der Waals surface area contributed by atoms with Crippen LogP contribution in [0.2, 0.25) is 5.02 Å². The van der Waals surface area contributed by atoms with E-state index in [4.69, 9.17) is 11.6 Å². The van der Waals surface area contributed by atoms with E-state index < -0.39 is 10.0 Å². The van der Waals surface area contributed by atoms with E-state index in [2.05, 4.69) is 10.0 Å². The highest BCUT2D eigenvalue weighted by molar-refractivity contribution is 7.89. The summed E-state index contributed by atoms with van der Waals surface area (Å²) in [7, 11) is -3.56. The van der Waals surface area contributed by atoms with E-state index in [1.54, 1.807) is 42.5 Å². The highest BCUT2D eigenvalue weighted by Crippen LogP contribution is 2.16. The number of rotatable bonds is 7. The lowest BCUT2D eigenvalue weighted by molar-refractivity contribution is -0.116. The topological polar surface area (TPSA) is 75.3 Å². The van der Waals surface area contributed by atoms with E-state index in [1.807, 2.05) is 13.8 Å². The Morgan fingerprint density at radius 2 is 1.84 bits per heavy atom. The highest BCUT2D eigenvalue weighted by Gasteiger charge is 2.14. The fourth-order valence-corrected chi connectivity index (χ4v) is 3.56. The molecule has 1 amide bonds. The van der Waals surface area contributed by atoms with Gasteiger partial charge in [0.1, 0.15) is 0 Å². The van der Waals surface area contributed by atoms with E-state index in [1.165, 1.54) is 0 Å². The third kappa shape index (κ3) is 5.85. The molecule has 2 aromatic carbocycles. The van der Waals surface area contributed by atoms with E-state index in [-0.39, 0.29) is 23.8 Å². The number of sulfonamides is 1. The number of carbonyl (C=O) groups excluding carboxylic acids is 1. The van der Waals surface area contributed by atoms with E-state index >= 15 is 0 Å². The summed E-state index contributed by atoms with van der Waals surface area (Å²) in [5.41, 5.74) is 2.58. The minimum absolute atomic E-state index is 0.187. The van der Waals surface area contributed by atoms with Gasteiger partial charge >= 0.3 is 0 Å². The molecule has 2 rings (SSSR count). The number of halogens is 1. The Bertz CT molecular complexity index is 866. The molecule has 0 aliphatic rings. The van der Waals surface area contributed by atoms with Crippen LogP contribution in [-0.2, 0) is 14.8 Å². The second-order valence-corrected chi connectivity index (χ2v) is 8.01. The number of aryl methyl sites for hydroxylation is 2. The first kappa shape index (κ1) is 19.4. The molecule has 0 spiro atoms. The summed E-state index contributed by atoms with van der Waals surface area (Å²) in [6.07, 6.45) is 0.610. The molecule has 25 heavy (non-hydrogen) atoms. The van der Waals surface area contributed by atoms with Gasteiger partial charge in [-0.1, -0.05) is 23.7 Å². The Labute approximate surface area is 153 Å². The molecular formula is C18H21ClN2O3S. The van der Waals surface area contributed by atoms with Gasteiger partial charge in [-0.2, -0.15) is 0 Å². The van der Waals surface area contributed by atoms with Gasteiger partial charge in [0.2, 0.25) is 15.9 Å². The summed E-state index contributed by atoms with van der Waals surface area (Å²) in [5, 5.41) is 3.27. The van der Waals surface area contributed by atoms with Crippen LogP contribution in [0.4, 0.5) is 5.69 Å². The van der Waals surface area contributed by atoms with Gasteiger partial charge in [-0.25, -0.2) is 13.1 Å². The van der Waals surface area contributed by atoms with Gasteiger partial charge in [0, 0.05) is 23.7 Å². The van der Waals surface area contributed by atoms with Gasteiger partial charge in [0.05, 0.1) is 4.90 Å². The Balaban J connectivity index is 1.81. The normalized spacial score (nSPS) is 11.3. The zero-order valence-corrected chi connectivity index (χ0v) is 15.7. The van der Waals surface area contributed by atoms with Crippen LogP contribution in [0.3, 0.4) is 0 Å². The Morgan fingerprint density at radius 1 is 1.08 bits per heavy atom. The van der Waals surface area contributed by atoms with Gasteiger partial charge < -0.3 is 5.32 Å². The van der Waals surface area contributed by atoms with Crippen molar-refractivity contribution in [3.05, 3.63) is 58.6 Å². The molecule has 0 aliphatic heterocycles. The van der Waals surface area contributed by atoms with Gasteiger partial charge in [0.25, 0.3) is 0 Å². The molecule has 7 heteroatoms. The maximum atomic E-state index is 12.2. The van der Waals surface area contributed by atoms with Gasteiger partial charge in [-0.15, -0.1) is 0 Å². The van der Waals surface area contributed by atoms with Crippen LogP contribution in [-0.4, -0.2) is 20.9 Å². The summed E-state index contributed by atoms with van der Waals surface area (Å²) in [6, 6.07) is 11.9. The average molecular weight is 381 g/mol. The highest BCUT2D eigenvalue weighted by atomic mass is 35.5. The smallest absolute Gasteiger partial charge is 0.240 e. The maximum Gasteiger partial charge on any atom is 0.240 e. The molecule has 0 bridgehead atoms. The van der Waals surface area contributed by atoms with Crippen LogP contribution in [0, 0.1) is 13.8 Å². The quantitative estimate of drug-likeness (QED) is 0.720. The Kier molecular flexibility index (Phi) is 6.58. The standard InChI is InChI=1S/C18H21ClN2O3S/c1-13-8-9-17(11-14(13)2)25(23,24)20-10-4-7-18(22)21-16-6-3-5-15(19)12-16/h3,5-6,8-9,11-12,20H,4,7,10H2,1-2H3,(H,21,22). The monoisotopic (exact) mass is 380 g/mol. The van der Waals surface area contributed by atoms with Crippen LogP contribution in [0.15, 0.2) is 47.4 Å². The fourth-order valence-electron chi connectivity index (χ4n) is 2.21. The van der Waals surface area contributed by atoms with Crippen molar-refractivity contribution in [2.45, 2.75) is 31.6 Å². The van der Waals surface area contributed by atoms with Gasteiger partial charge in [-0.05, 0) is 61.7 Å². The van der Waals surface area contributed by atoms with Crippen LogP contribution in [0.5, 0.6) is 0 Å². The summed E-state index contributed by atoms with van der Waals surface area (Å²) >= 11 is 5.86. The number of carbonyl (C=O) groups is 1. The van der Waals surface area contributed by atoms with E-state index in [0.29, 0.717) is 17.1 Å². The van der Waals surface area contributed by atoms with Crippen LogP contribution in [0.1, 0.15) is 24.0 Å². The van der Waals surface area contributed by atoms with Crippen molar-refractivity contribution < 1.29 is 13.2 Å². The molecule has 0 atom stereocenters. The molecule has 0 radical (unpaired) electrons. The first-order valence-corrected chi connectivity index (χ1v) is 9.76. The van der Waals surface area contributed by atoms with Crippen LogP contribution in [0.25, 0.3) is 0 Å². The SMILES string of the molecule is Cc1ccc(S(=O)(=O)NCCCC(=O)Nc2cccc(Cl)c2)cc1C. The van der Waals surface area contributed by atoms with Crippen LogP contribution >= 0.6 is 11.6 Å². The van der Waals surface area contributed by atoms with Crippen molar-refractivity contribution in [3.63, 3.8) is 0 Å². The molecule has 0 unspecified atom stereocenters. The minimum Gasteiger partial charge on any atom is -0.326 e. The van der Waals surface area contributed by atoms with Crippen molar-refractivity contribution in [2.24, 2.45) is 0 Å². The number of amides is 1. The predicted molar refractivity (Wildman–Crippen MR) is 100 cm³/mol. The molecule has 0 saturated heterocycles. The fraction of sp³-hybridized carbons (Fsp3) is 0.278. The number of hydrogen-bond acceptors (Lipinski definition) is 3. The van der Waals surface area contributed by atoms with E-state index in [0.717, 1.165) is 11.1 Å². The van der Waals surface area contributed by atoms with Crippen molar-refractivity contribution in [1.29, 1.82) is 0 Å². The molecule has 0 heterocycles. The molecule has 0 saturated carbocycles. The summed E-state index contributed by atoms with van der Waals surface area (Å²) < 4.78 is 27.0. The molecular weight excluding hydrogens is 360 g/mol. The Hall–Kier alpha value is -1.89. The van der Waals surface area contributed by atoms with Gasteiger partial charge in [-0.3, -0.25) is 4.79 Å². The number of nitrogens with one attached hydrogen (secondary N) is 2. The minimum atomic E-state index is -3.56. The first-order chi connectivity index (χ1) is 11.8. The van der Waals surface area contributed by atoms with Crippen LogP contribution < -0.4 is 10.0 Å². The Morgan fingerprint density at radius 3 is 2.52 bits per heavy atom. The number of benzene rings is 2. The molecule has 0 aromatic heterocycles. The zero-order valence-electron chi connectivity index (χ0n) is 14.2. The zero-order chi connectivity index (χ0) is 18.4. The van der Waals surface area contributed by atoms with Crippen molar-refractivity contribution in [1.82, 2.24) is 4.72 Å². The lowest BCUT2D eigenvalue weighted by Gasteiger charge is -2.09. The third-order valence-electron chi connectivity index (χ3n) is 3.77. The predicted octanol–water partition coefficient (Wildman–Crippen LogP) is 3.65. The molecule has 2 aromatic rings. The first-order valence-electron chi connectivity index (χ1n) is 7.90. The van der Waals surface area contributed by atoms with E-state index in [9.17, 15) is 13.2 Å². The largest absolute Gasteiger partial charge is 0.326 e. The average Bonchev–Trinajstić information content (AvgIpc) is 2.54. The maximum absolute atomic E-state index is 12.2. The summed E-state index contributed by atoms with van der Waals surface area (Å²) in [4.78, 5) is 12.1. The summed E-state index contributed by atoms with van der Waals surface area (Å²) in [6.45, 7) is 3.99. The lowest BCUT2D eigenvalue weighted by atomic mass is 10.1. The number of anilines is 1. The molecule has 2 N–H and O–H groups in total. The molecule has 134 valence electrons.